The molecule has 1 saturated heterocycles. The molecule has 136 valence electrons. The first-order valence-electron chi connectivity index (χ1n) is 7.90. The molecule has 0 unspecified atom stereocenters. The zero-order valence-corrected chi connectivity index (χ0v) is 15.1. The highest BCUT2D eigenvalue weighted by molar-refractivity contribution is 7.89. The maximum Gasteiger partial charge on any atom is 0.243 e. The van der Waals surface area contributed by atoms with Crippen molar-refractivity contribution >= 4 is 10.0 Å². The minimum Gasteiger partial charge on any atom is -0.494 e. The van der Waals surface area contributed by atoms with Crippen molar-refractivity contribution in [3.63, 3.8) is 0 Å². The molecule has 2 rings (SSSR count). The summed E-state index contributed by atoms with van der Waals surface area (Å²) in [7, 11) is 1.30. The number of ether oxygens (including phenoxy) is 1. The van der Waals surface area contributed by atoms with Crippen molar-refractivity contribution in [3.05, 3.63) is 24.0 Å². The molecule has 2 atom stereocenters. The van der Waals surface area contributed by atoms with E-state index in [1.807, 2.05) is 19.0 Å². The van der Waals surface area contributed by atoms with Gasteiger partial charge in [0.2, 0.25) is 10.0 Å². The summed E-state index contributed by atoms with van der Waals surface area (Å²) in [5.74, 6) is -0.826. The average Bonchev–Trinajstić information content (AvgIpc) is 2.78. The van der Waals surface area contributed by atoms with Gasteiger partial charge < -0.3 is 14.7 Å². The van der Waals surface area contributed by atoms with Gasteiger partial charge in [-0.2, -0.15) is 4.31 Å². The van der Waals surface area contributed by atoms with E-state index in [0.29, 0.717) is 6.54 Å². The SMILES string of the molecule is COc1ccc(S(=O)(=O)N2C[C@@H](CO)CC[C@@H](N(C)C)C2)cc1F. The molecule has 1 heterocycles. The van der Waals surface area contributed by atoms with E-state index in [1.54, 1.807) is 0 Å². The Balaban J connectivity index is 2.35. The van der Waals surface area contributed by atoms with Crippen LogP contribution in [0.1, 0.15) is 12.8 Å². The number of nitrogens with zero attached hydrogens (tertiary/aromatic N) is 2. The van der Waals surface area contributed by atoms with E-state index < -0.39 is 15.8 Å². The predicted octanol–water partition coefficient (Wildman–Crippen LogP) is 1.16. The van der Waals surface area contributed by atoms with Crippen LogP contribution in [0.5, 0.6) is 5.75 Å². The molecule has 1 aliphatic rings. The Morgan fingerprint density at radius 2 is 2.04 bits per heavy atom. The minimum atomic E-state index is -3.84. The molecular formula is C16H25FN2O4S. The molecule has 0 saturated carbocycles. The first-order valence-corrected chi connectivity index (χ1v) is 9.34. The summed E-state index contributed by atoms with van der Waals surface area (Å²) in [5.41, 5.74) is 0. The highest BCUT2D eigenvalue weighted by Crippen LogP contribution is 2.27. The number of sulfonamides is 1. The van der Waals surface area contributed by atoms with E-state index in [-0.39, 0.29) is 35.8 Å². The summed E-state index contributed by atoms with van der Waals surface area (Å²) >= 11 is 0. The second kappa shape index (κ2) is 7.77. The normalized spacial score (nSPS) is 23.2. The number of likely N-dealkylation sites (N-methyl/N-ethyl adjacent to an activating group) is 1. The molecule has 24 heavy (non-hydrogen) atoms. The van der Waals surface area contributed by atoms with Crippen LogP contribution in [0.25, 0.3) is 0 Å². The molecule has 0 aromatic heterocycles. The standard InChI is InChI=1S/C16H25FN2O4S/c1-18(2)13-5-4-12(11-20)9-19(10-13)24(21,22)14-6-7-16(23-3)15(17)8-14/h6-8,12-13,20H,4-5,9-11H2,1-3H3/t12-,13+/m0/s1. The summed E-state index contributed by atoms with van der Waals surface area (Å²) in [5, 5.41) is 9.50. The lowest BCUT2D eigenvalue weighted by atomic mass is 10.0. The zero-order valence-electron chi connectivity index (χ0n) is 14.3. The Morgan fingerprint density at radius 1 is 1.33 bits per heavy atom. The van der Waals surface area contributed by atoms with Gasteiger partial charge in [-0.25, -0.2) is 12.8 Å². The number of aliphatic hydroxyl groups excluding tert-OH is 1. The lowest BCUT2D eigenvalue weighted by Crippen LogP contribution is -2.42. The summed E-state index contributed by atoms with van der Waals surface area (Å²) in [6.07, 6.45) is 1.56. The number of hydrogen-bond acceptors (Lipinski definition) is 5. The van der Waals surface area contributed by atoms with Crippen LogP contribution in [0.2, 0.25) is 0 Å². The van der Waals surface area contributed by atoms with Crippen LogP contribution in [0.4, 0.5) is 4.39 Å². The molecular weight excluding hydrogens is 335 g/mol. The number of aliphatic hydroxyl groups is 1. The first kappa shape index (κ1) is 19.1. The summed E-state index contributed by atoms with van der Waals surface area (Å²) < 4.78 is 46.0. The predicted molar refractivity (Wildman–Crippen MR) is 89.0 cm³/mol. The van der Waals surface area contributed by atoms with Crippen molar-refractivity contribution in [2.24, 2.45) is 5.92 Å². The molecule has 1 N–H and O–H groups in total. The van der Waals surface area contributed by atoms with E-state index in [4.69, 9.17) is 4.74 Å². The molecule has 1 aromatic carbocycles. The lowest BCUT2D eigenvalue weighted by molar-refractivity contribution is 0.204. The number of benzene rings is 1. The van der Waals surface area contributed by atoms with Crippen molar-refractivity contribution in [1.29, 1.82) is 0 Å². The highest BCUT2D eigenvalue weighted by Gasteiger charge is 2.33. The fourth-order valence-electron chi connectivity index (χ4n) is 2.93. The van der Waals surface area contributed by atoms with E-state index in [0.717, 1.165) is 18.9 Å². The third-order valence-electron chi connectivity index (χ3n) is 4.53. The van der Waals surface area contributed by atoms with Crippen LogP contribution in [0.15, 0.2) is 23.1 Å². The maximum absolute atomic E-state index is 13.9. The van der Waals surface area contributed by atoms with Crippen molar-refractivity contribution in [2.75, 3.05) is 40.9 Å². The fourth-order valence-corrected chi connectivity index (χ4v) is 4.50. The fraction of sp³-hybridized carbons (Fsp3) is 0.625. The average molecular weight is 360 g/mol. The Bertz CT molecular complexity index is 666. The minimum absolute atomic E-state index is 0.00391. The lowest BCUT2D eigenvalue weighted by Gasteiger charge is -2.28. The third kappa shape index (κ3) is 4.05. The van der Waals surface area contributed by atoms with E-state index in [9.17, 15) is 17.9 Å². The van der Waals surface area contributed by atoms with Gasteiger partial charge in [0.25, 0.3) is 0 Å². The van der Waals surface area contributed by atoms with Crippen molar-refractivity contribution in [2.45, 2.75) is 23.8 Å². The second-order valence-electron chi connectivity index (χ2n) is 6.36. The number of hydrogen-bond donors (Lipinski definition) is 1. The molecule has 0 spiro atoms. The van der Waals surface area contributed by atoms with Crippen molar-refractivity contribution < 1.29 is 22.7 Å². The summed E-state index contributed by atoms with van der Waals surface area (Å²) in [6, 6.07) is 3.70. The van der Waals surface area contributed by atoms with E-state index in [2.05, 4.69) is 0 Å². The third-order valence-corrected chi connectivity index (χ3v) is 6.36. The molecule has 0 amide bonds. The van der Waals surface area contributed by atoms with Gasteiger partial charge in [-0.15, -0.1) is 0 Å². The molecule has 0 radical (unpaired) electrons. The Labute approximate surface area is 142 Å². The van der Waals surface area contributed by atoms with Crippen molar-refractivity contribution in [1.82, 2.24) is 9.21 Å². The van der Waals surface area contributed by atoms with Crippen LogP contribution in [0.3, 0.4) is 0 Å². The van der Waals surface area contributed by atoms with Gasteiger partial charge in [0.1, 0.15) is 0 Å². The molecule has 6 nitrogen and oxygen atoms in total. The number of methoxy groups -OCH3 is 1. The zero-order chi connectivity index (χ0) is 17.9. The quantitative estimate of drug-likeness (QED) is 0.853. The molecule has 1 aliphatic heterocycles. The molecule has 8 heteroatoms. The first-order chi connectivity index (χ1) is 11.3. The molecule has 0 bridgehead atoms. The van der Waals surface area contributed by atoms with E-state index in [1.165, 1.54) is 23.5 Å². The topological polar surface area (TPSA) is 70.1 Å². The van der Waals surface area contributed by atoms with Gasteiger partial charge in [-0.3, -0.25) is 0 Å². The smallest absolute Gasteiger partial charge is 0.243 e. The van der Waals surface area contributed by atoms with Crippen LogP contribution in [-0.2, 0) is 10.0 Å². The Morgan fingerprint density at radius 3 is 2.58 bits per heavy atom. The van der Waals surface area contributed by atoms with Gasteiger partial charge in [0.15, 0.2) is 11.6 Å². The van der Waals surface area contributed by atoms with Crippen molar-refractivity contribution in [3.8, 4) is 5.75 Å². The van der Waals surface area contributed by atoms with Gasteiger partial charge in [0.05, 0.1) is 12.0 Å². The highest BCUT2D eigenvalue weighted by atomic mass is 32.2. The van der Waals surface area contributed by atoms with Crippen LogP contribution >= 0.6 is 0 Å². The van der Waals surface area contributed by atoms with Gasteiger partial charge in [-0.05, 0) is 51.1 Å². The number of halogens is 1. The molecule has 1 fully saturated rings. The van der Waals surface area contributed by atoms with E-state index >= 15 is 0 Å². The van der Waals surface area contributed by atoms with Crippen LogP contribution in [0, 0.1) is 11.7 Å². The van der Waals surface area contributed by atoms with Gasteiger partial charge in [-0.1, -0.05) is 0 Å². The molecule has 1 aromatic rings. The van der Waals surface area contributed by atoms with Gasteiger partial charge >= 0.3 is 0 Å². The Kier molecular flexibility index (Phi) is 6.19. The largest absolute Gasteiger partial charge is 0.494 e. The summed E-state index contributed by atoms with van der Waals surface area (Å²) in [4.78, 5) is 1.88. The Hall–Kier alpha value is -1.22. The summed E-state index contributed by atoms with van der Waals surface area (Å²) in [6.45, 7) is 0.486. The van der Waals surface area contributed by atoms with Crippen LogP contribution < -0.4 is 4.74 Å². The number of rotatable bonds is 5. The molecule has 0 aliphatic carbocycles. The monoisotopic (exact) mass is 360 g/mol. The van der Waals surface area contributed by atoms with Gasteiger partial charge in [0, 0.05) is 25.7 Å². The van der Waals surface area contributed by atoms with Crippen LogP contribution in [-0.4, -0.2) is 69.7 Å². The second-order valence-corrected chi connectivity index (χ2v) is 8.30. The maximum atomic E-state index is 13.9.